The number of rotatable bonds is 22. The molecule has 8 N–H and O–H groups in total. The first-order chi connectivity index (χ1) is 36.2. The molecule has 3 aromatic rings. The normalized spacial score (nSPS) is 16.9. The Labute approximate surface area is 448 Å². The molecule has 8 amide bonds. The number of amides is 8. The van der Waals surface area contributed by atoms with Crippen LogP contribution < -0.4 is 42.8 Å². The molecular formula is C49H56FN10O15Pb. The van der Waals surface area contributed by atoms with Crippen molar-refractivity contribution < 1.29 is 71.7 Å². The van der Waals surface area contributed by atoms with Crippen molar-refractivity contribution in [3.63, 3.8) is 0 Å². The zero-order chi connectivity index (χ0) is 55.5. The molecule has 7 rings (SSSR count). The second-order valence-electron chi connectivity index (χ2n) is 17.9. The Kier molecular flexibility index (Phi) is 19.8. The number of hydrogen-bond donors (Lipinski definition) is 8. The summed E-state index contributed by atoms with van der Waals surface area (Å²) in [6.45, 7) is 2.49. The van der Waals surface area contributed by atoms with Crippen LogP contribution in [0.1, 0.15) is 84.9 Å². The van der Waals surface area contributed by atoms with Crippen molar-refractivity contribution >= 4 is 102 Å². The number of aliphatic carboxylic acids is 1. The summed E-state index contributed by atoms with van der Waals surface area (Å²) >= 11 is 0.487. The summed E-state index contributed by atoms with van der Waals surface area (Å²) in [5.41, 5.74) is 4.66. The fraction of sp³-hybridized carbons (Fsp3) is 0.449. The summed E-state index contributed by atoms with van der Waals surface area (Å²) in [5.74, 6) is -7.70. The fourth-order valence-corrected chi connectivity index (χ4v) is 10.0. The molecule has 3 radical (unpaired) electrons. The van der Waals surface area contributed by atoms with E-state index in [0.29, 0.717) is 113 Å². The van der Waals surface area contributed by atoms with Crippen LogP contribution >= 0.6 is 0 Å². The topological polar surface area (TPSA) is 349 Å². The Morgan fingerprint density at radius 2 is 1.61 bits per heavy atom. The number of pyridine rings is 2. The number of carbonyl (C=O) groups excluding carboxylic acids is 10. The van der Waals surface area contributed by atoms with Gasteiger partial charge in [0.05, 0.1) is 47.0 Å². The number of carbonyl (C=O) groups is 11. The van der Waals surface area contributed by atoms with Crippen molar-refractivity contribution in [2.45, 2.75) is 100 Å². The van der Waals surface area contributed by atoms with E-state index in [0.717, 1.165) is 17.7 Å². The SMILES string of the molecule is CCC1C(=O)OCc2c1cc1n(c2=O)Cc2c-1nc1cc(F)c(C)c3c1c2C(NC(=O)C(C)OCNC(=O)CNC(=O)C([CH2][Pb])NC(=O)CNC(=O)CNC(=O)CN1C(=O)C=CC1=O)CC3.CNC(C=O)CCC(=O)O. The van der Waals surface area contributed by atoms with Gasteiger partial charge in [-0.05, 0) is 68.0 Å². The number of aryl methyl sites for hydroxylation is 1. The molecule has 5 heterocycles. The van der Waals surface area contributed by atoms with E-state index in [2.05, 4.69) is 37.2 Å². The second-order valence-corrected chi connectivity index (χ2v) is 19.5. The van der Waals surface area contributed by atoms with Crippen LogP contribution in [0.5, 0.6) is 0 Å². The average Bonchev–Trinajstić information content (AvgIpc) is 4.07. The van der Waals surface area contributed by atoms with E-state index < -0.39 is 122 Å². The van der Waals surface area contributed by atoms with Gasteiger partial charge in [-0.1, -0.05) is 6.92 Å². The van der Waals surface area contributed by atoms with Gasteiger partial charge in [0.1, 0.15) is 18.7 Å². The summed E-state index contributed by atoms with van der Waals surface area (Å²) < 4.78 is 28.1. The van der Waals surface area contributed by atoms with Crippen LogP contribution in [0.15, 0.2) is 29.1 Å². The van der Waals surface area contributed by atoms with Crippen molar-refractivity contribution in [2.75, 3.05) is 40.0 Å². The molecule has 0 bridgehead atoms. The summed E-state index contributed by atoms with van der Waals surface area (Å²) in [5, 5.41) is 26.5. The number of benzene rings is 1. The molecule has 0 saturated heterocycles. The monoisotopic (exact) mass is 1250 g/mol. The minimum Gasteiger partial charge on any atom is -0.481 e. The molecule has 0 spiro atoms. The van der Waals surface area contributed by atoms with Gasteiger partial charge < -0.3 is 24.5 Å². The van der Waals surface area contributed by atoms with Crippen molar-refractivity contribution in [1.29, 1.82) is 0 Å². The Morgan fingerprint density at radius 1 is 0.934 bits per heavy atom. The molecule has 2 aromatic heterocycles. The minimum atomic E-state index is -1.07. The number of aromatic nitrogens is 2. The second kappa shape index (κ2) is 25.9. The number of esters is 1. The summed E-state index contributed by atoms with van der Waals surface area (Å²) in [6.07, 6.45) is 3.33. The molecule has 1 aliphatic carbocycles. The standard InChI is InChI=1S/C43H45FN9O12.C6H11NO3.Pb/c1-5-22-24-10-30-39-25(15-52(30)42(62)26(24)17-64-43(22)63)38-28(7-6-23-19(2)27(44)11-29(50-39)37(23)38)51-41(61)21(4)65-18-48-32(55)13-47-40(60)20(3)49-33(56)14-45-31(54)12-46-34(57)16-53-35(58)8-9-36(53)59;1-7-5(4-8)2-3-6(9)10;/h8-11,20-22,28H,3,5-7,12-18H2,1-2,4H3,(H,45,54)(H,46,57)(H,47,60)(H,48,55)(H,49,56)(H,51,61);4-5,7H,2-3H2,1H3,(H,9,10);. The zero-order valence-electron chi connectivity index (χ0n) is 41.8. The van der Waals surface area contributed by atoms with E-state index in [9.17, 15) is 57.5 Å². The quantitative estimate of drug-likeness (QED) is 0.0139. The first-order valence-electron chi connectivity index (χ1n) is 24.1. The molecule has 5 atom stereocenters. The van der Waals surface area contributed by atoms with Gasteiger partial charge in [0, 0.05) is 35.6 Å². The molecule has 25 nitrogen and oxygen atoms in total. The van der Waals surface area contributed by atoms with E-state index in [1.54, 1.807) is 24.6 Å². The number of cyclic esters (lactones) is 1. The van der Waals surface area contributed by atoms with E-state index in [4.69, 9.17) is 19.6 Å². The number of imide groups is 1. The number of carboxylic acids is 1. The number of ether oxygens (including phenoxy) is 2. The van der Waals surface area contributed by atoms with Crippen molar-refractivity contribution in [3.05, 3.63) is 73.8 Å². The van der Waals surface area contributed by atoms with Crippen LogP contribution in [-0.2, 0) is 81.8 Å². The number of fused-ring (bicyclic) bond motifs is 5. The predicted molar refractivity (Wildman–Crippen MR) is 264 cm³/mol. The zero-order valence-corrected chi connectivity index (χ0v) is 45.7. The molecule has 0 saturated carbocycles. The number of nitrogens with zero attached hydrogens (tertiary/aromatic N) is 3. The van der Waals surface area contributed by atoms with Gasteiger partial charge in [0.2, 0.25) is 0 Å². The van der Waals surface area contributed by atoms with E-state index in [1.165, 1.54) is 13.0 Å². The number of nitrogens with one attached hydrogen (secondary N) is 7. The number of carboxylic acid groups (broad SMARTS) is 1. The summed E-state index contributed by atoms with van der Waals surface area (Å²) in [4.78, 5) is 151. The van der Waals surface area contributed by atoms with Gasteiger partial charge in [0.15, 0.2) is 0 Å². The van der Waals surface area contributed by atoms with Gasteiger partial charge in [-0.25, -0.2) is 9.37 Å². The third-order valence-corrected chi connectivity index (χ3v) is 14.7. The molecule has 27 heteroatoms. The van der Waals surface area contributed by atoms with Crippen LogP contribution in [0.3, 0.4) is 0 Å². The molecule has 3 aliphatic heterocycles. The number of hydrogen-bond acceptors (Lipinski definition) is 16. The number of likely N-dealkylation sites (N-methyl/N-ethyl adjacent to an activating group) is 1. The van der Waals surface area contributed by atoms with E-state index in [1.807, 2.05) is 6.92 Å². The van der Waals surface area contributed by atoms with Crippen LogP contribution in [0.25, 0.3) is 22.3 Å². The van der Waals surface area contributed by atoms with Crippen LogP contribution in [0, 0.1) is 12.7 Å². The smallest absolute Gasteiger partial charge is 0.481 e. The van der Waals surface area contributed by atoms with Gasteiger partial charge in [-0.2, -0.15) is 0 Å². The van der Waals surface area contributed by atoms with Crippen LogP contribution in [-0.4, -0.2) is 169 Å². The summed E-state index contributed by atoms with van der Waals surface area (Å²) in [6, 6.07) is 1.24. The molecule has 76 heavy (non-hydrogen) atoms. The Hall–Kier alpha value is -7.34. The van der Waals surface area contributed by atoms with E-state index >= 15 is 4.39 Å². The van der Waals surface area contributed by atoms with Gasteiger partial charge in [0.25, 0.3) is 17.4 Å². The first-order valence-corrected chi connectivity index (χ1v) is 26.9. The average molecular weight is 1250 g/mol. The number of aldehydes is 1. The maximum atomic E-state index is 15.3. The van der Waals surface area contributed by atoms with Crippen molar-refractivity contribution in [1.82, 2.24) is 51.7 Å². The van der Waals surface area contributed by atoms with Gasteiger partial charge >= 0.3 is 199 Å². The third-order valence-electron chi connectivity index (χ3n) is 13.1. The maximum absolute atomic E-state index is 15.3. The molecule has 4 aliphatic rings. The van der Waals surface area contributed by atoms with Gasteiger partial charge in [-0.3, -0.25) is 24.0 Å². The Bertz CT molecular complexity index is 2960. The fourth-order valence-electron chi connectivity index (χ4n) is 8.91. The molecular weight excluding hydrogens is 1190 g/mol. The van der Waals surface area contributed by atoms with Crippen molar-refractivity contribution in [2.24, 2.45) is 0 Å². The predicted octanol–water partition coefficient (Wildman–Crippen LogP) is -2.01. The Balaban J connectivity index is 0.000000849. The summed E-state index contributed by atoms with van der Waals surface area (Å²) in [7, 11) is 1.63. The molecule has 403 valence electrons. The molecule has 1 aromatic carbocycles. The van der Waals surface area contributed by atoms with E-state index in [-0.39, 0.29) is 35.2 Å². The first kappa shape index (κ1) is 57.9. The van der Waals surface area contributed by atoms with Crippen LogP contribution in [0.2, 0.25) is 3.98 Å². The van der Waals surface area contributed by atoms with Crippen LogP contribution in [0.4, 0.5) is 4.39 Å². The Morgan fingerprint density at radius 3 is 2.26 bits per heavy atom. The molecule has 0 fully saturated rings. The minimum absolute atomic E-state index is 0.0320. The van der Waals surface area contributed by atoms with Crippen molar-refractivity contribution in [3.8, 4) is 11.4 Å². The van der Waals surface area contributed by atoms with Gasteiger partial charge in [-0.15, -0.1) is 0 Å². The third kappa shape index (κ3) is 13.5. The number of halogens is 1. The molecule has 5 unspecified atom stereocenters.